The summed E-state index contributed by atoms with van der Waals surface area (Å²) in [6, 6.07) is 11.7. The molecule has 2 aromatic heterocycles. The number of aromatic nitrogens is 3. The summed E-state index contributed by atoms with van der Waals surface area (Å²) in [7, 11) is 1.67. The van der Waals surface area contributed by atoms with Crippen molar-refractivity contribution in [3.05, 3.63) is 53.4 Å². The van der Waals surface area contributed by atoms with E-state index in [1.165, 1.54) is 5.56 Å². The van der Waals surface area contributed by atoms with E-state index >= 15 is 0 Å². The summed E-state index contributed by atoms with van der Waals surface area (Å²) < 4.78 is 10.3. The molecule has 0 spiro atoms. The highest BCUT2D eigenvalue weighted by Crippen LogP contribution is 2.16. The van der Waals surface area contributed by atoms with Crippen molar-refractivity contribution in [3.8, 4) is 5.75 Å². The number of nitrogens with one attached hydrogen (secondary N) is 2. The zero-order chi connectivity index (χ0) is 17.6. The number of anilines is 3. The number of hydrogen-bond acceptors (Lipinski definition) is 7. The lowest BCUT2D eigenvalue weighted by Gasteiger charge is -2.09. The van der Waals surface area contributed by atoms with Crippen molar-refractivity contribution in [2.75, 3.05) is 24.3 Å². The fourth-order valence-electron chi connectivity index (χ4n) is 2.42. The average Bonchev–Trinajstić information content (AvgIpc) is 2.99. The van der Waals surface area contributed by atoms with E-state index in [1.807, 2.05) is 38.1 Å². The van der Waals surface area contributed by atoms with Crippen molar-refractivity contribution in [2.45, 2.75) is 20.3 Å². The first-order valence-electron chi connectivity index (χ1n) is 8.05. The molecule has 0 unspecified atom stereocenters. The minimum absolute atomic E-state index is 0.484. The third-order valence-electron chi connectivity index (χ3n) is 3.58. The normalized spacial score (nSPS) is 10.5. The van der Waals surface area contributed by atoms with E-state index in [1.54, 1.807) is 13.2 Å². The molecular weight excluding hydrogens is 318 g/mol. The zero-order valence-electron chi connectivity index (χ0n) is 14.5. The molecule has 0 bridgehead atoms. The van der Waals surface area contributed by atoms with E-state index in [0.717, 1.165) is 36.0 Å². The van der Waals surface area contributed by atoms with Gasteiger partial charge in [0.15, 0.2) is 5.82 Å². The number of ether oxygens (including phenoxy) is 1. The van der Waals surface area contributed by atoms with Crippen molar-refractivity contribution in [1.82, 2.24) is 15.1 Å². The molecule has 130 valence electrons. The van der Waals surface area contributed by atoms with Crippen molar-refractivity contribution in [2.24, 2.45) is 0 Å². The van der Waals surface area contributed by atoms with Crippen LogP contribution in [0.1, 0.15) is 17.0 Å². The van der Waals surface area contributed by atoms with Gasteiger partial charge in [-0.1, -0.05) is 17.3 Å². The van der Waals surface area contributed by atoms with Gasteiger partial charge in [0.2, 0.25) is 5.95 Å². The Morgan fingerprint density at radius 2 is 1.96 bits per heavy atom. The largest absolute Gasteiger partial charge is 0.497 e. The first-order chi connectivity index (χ1) is 12.1. The summed E-state index contributed by atoms with van der Waals surface area (Å²) in [6.45, 7) is 4.51. The Kier molecular flexibility index (Phi) is 5.13. The number of nitrogens with zero attached hydrogens (tertiary/aromatic N) is 3. The van der Waals surface area contributed by atoms with Crippen LogP contribution < -0.4 is 15.4 Å². The predicted molar refractivity (Wildman–Crippen MR) is 96.5 cm³/mol. The molecule has 2 N–H and O–H groups in total. The smallest absolute Gasteiger partial charge is 0.230 e. The summed E-state index contributed by atoms with van der Waals surface area (Å²) in [5.41, 5.74) is 2.07. The average molecular weight is 339 g/mol. The second kappa shape index (κ2) is 7.65. The topological polar surface area (TPSA) is 85.1 Å². The lowest BCUT2D eigenvalue weighted by molar-refractivity contribution is 0.400. The van der Waals surface area contributed by atoms with Gasteiger partial charge in [0.25, 0.3) is 0 Å². The van der Waals surface area contributed by atoms with Crippen LogP contribution in [0.3, 0.4) is 0 Å². The van der Waals surface area contributed by atoms with Crippen molar-refractivity contribution >= 4 is 17.6 Å². The molecule has 0 saturated heterocycles. The van der Waals surface area contributed by atoms with E-state index in [0.29, 0.717) is 11.8 Å². The number of aryl methyl sites for hydroxylation is 2. The van der Waals surface area contributed by atoms with Gasteiger partial charge in [-0.25, -0.2) is 4.98 Å². The van der Waals surface area contributed by atoms with Gasteiger partial charge in [-0.3, -0.25) is 0 Å². The number of rotatable bonds is 7. The molecule has 3 aromatic rings. The molecule has 0 aliphatic carbocycles. The zero-order valence-corrected chi connectivity index (χ0v) is 14.5. The van der Waals surface area contributed by atoms with E-state index in [9.17, 15) is 0 Å². The lowest BCUT2D eigenvalue weighted by Crippen LogP contribution is -2.09. The quantitative estimate of drug-likeness (QED) is 0.681. The predicted octanol–water partition coefficient (Wildman–Crippen LogP) is 3.49. The monoisotopic (exact) mass is 339 g/mol. The van der Waals surface area contributed by atoms with Gasteiger partial charge in [0.1, 0.15) is 17.3 Å². The third kappa shape index (κ3) is 4.69. The Labute approximate surface area is 146 Å². The maximum Gasteiger partial charge on any atom is 0.230 e. The maximum absolute atomic E-state index is 5.25. The standard InChI is InChI=1S/C18H21N5O2/c1-12-9-16(19-8-7-14-5-4-6-15(11-14)24-3)21-18(20-12)22-17-10-13(2)25-23-17/h4-6,9-11H,7-8H2,1-3H3,(H2,19,20,21,22,23). The molecule has 1 aromatic carbocycles. The molecule has 0 amide bonds. The molecule has 7 nitrogen and oxygen atoms in total. The SMILES string of the molecule is COc1cccc(CCNc2cc(C)nc(Nc3cc(C)on3)n2)c1. The molecule has 3 rings (SSSR count). The van der Waals surface area contributed by atoms with Crippen LogP contribution in [0.25, 0.3) is 0 Å². The molecule has 2 heterocycles. The lowest BCUT2D eigenvalue weighted by atomic mass is 10.1. The van der Waals surface area contributed by atoms with Crippen LogP contribution in [-0.4, -0.2) is 28.8 Å². The Balaban J connectivity index is 1.62. The summed E-state index contributed by atoms with van der Waals surface area (Å²) in [6.07, 6.45) is 0.867. The van der Waals surface area contributed by atoms with Crippen molar-refractivity contribution < 1.29 is 9.26 Å². The van der Waals surface area contributed by atoms with Crippen LogP contribution in [0, 0.1) is 13.8 Å². The molecule has 0 aliphatic rings. The van der Waals surface area contributed by atoms with Crippen molar-refractivity contribution in [1.29, 1.82) is 0 Å². The molecule has 0 aliphatic heterocycles. The van der Waals surface area contributed by atoms with Crippen LogP contribution in [0.4, 0.5) is 17.6 Å². The Hall–Kier alpha value is -3.09. The molecule has 0 fully saturated rings. The highest BCUT2D eigenvalue weighted by Gasteiger charge is 2.06. The van der Waals surface area contributed by atoms with Gasteiger partial charge in [-0.05, 0) is 38.0 Å². The maximum atomic E-state index is 5.25. The Morgan fingerprint density at radius 1 is 1.08 bits per heavy atom. The van der Waals surface area contributed by atoms with E-state index < -0.39 is 0 Å². The minimum Gasteiger partial charge on any atom is -0.497 e. The van der Waals surface area contributed by atoms with Crippen LogP contribution in [0.2, 0.25) is 0 Å². The second-order valence-electron chi connectivity index (χ2n) is 5.69. The molecule has 0 saturated carbocycles. The number of hydrogen-bond donors (Lipinski definition) is 2. The summed E-state index contributed by atoms with van der Waals surface area (Å²) in [4.78, 5) is 8.83. The highest BCUT2D eigenvalue weighted by atomic mass is 16.5. The van der Waals surface area contributed by atoms with Crippen LogP contribution in [-0.2, 0) is 6.42 Å². The highest BCUT2D eigenvalue weighted by molar-refractivity contribution is 5.51. The van der Waals surface area contributed by atoms with Gasteiger partial charge in [0.05, 0.1) is 7.11 Å². The molecule has 0 radical (unpaired) electrons. The van der Waals surface area contributed by atoms with Crippen molar-refractivity contribution in [3.63, 3.8) is 0 Å². The molecule has 7 heteroatoms. The summed E-state index contributed by atoms with van der Waals surface area (Å²) in [5.74, 6) is 3.43. The van der Waals surface area contributed by atoms with Gasteiger partial charge < -0.3 is 19.9 Å². The molecular formula is C18H21N5O2. The first-order valence-corrected chi connectivity index (χ1v) is 8.05. The van der Waals surface area contributed by atoms with E-state index in [2.05, 4.69) is 31.8 Å². The molecule has 25 heavy (non-hydrogen) atoms. The number of benzene rings is 1. The van der Waals surface area contributed by atoms with Gasteiger partial charge >= 0.3 is 0 Å². The number of methoxy groups -OCH3 is 1. The van der Waals surface area contributed by atoms with Crippen LogP contribution in [0.15, 0.2) is 40.9 Å². The minimum atomic E-state index is 0.484. The fraction of sp³-hybridized carbons (Fsp3) is 0.278. The first kappa shape index (κ1) is 16.8. The molecule has 0 atom stereocenters. The van der Waals surface area contributed by atoms with Gasteiger partial charge in [0, 0.05) is 24.4 Å². The van der Waals surface area contributed by atoms with Crippen LogP contribution in [0.5, 0.6) is 5.75 Å². The fourth-order valence-corrected chi connectivity index (χ4v) is 2.42. The summed E-state index contributed by atoms with van der Waals surface area (Å²) >= 11 is 0. The van der Waals surface area contributed by atoms with E-state index in [4.69, 9.17) is 9.26 Å². The van der Waals surface area contributed by atoms with E-state index in [-0.39, 0.29) is 0 Å². The Bertz CT molecular complexity index is 847. The van der Waals surface area contributed by atoms with Crippen LogP contribution >= 0.6 is 0 Å². The van der Waals surface area contributed by atoms with Gasteiger partial charge in [-0.2, -0.15) is 4.98 Å². The Morgan fingerprint density at radius 3 is 2.72 bits per heavy atom. The summed E-state index contributed by atoms with van der Waals surface area (Å²) in [5, 5.41) is 10.3. The van der Waals surface area contributed by atoms with Gasteiger partial charge in [-0.15, -0.1) is 0 Å². The second-order valence-corrected chi connectivity index (χ2v) is 5.69. The third-order valence-corrected chi connectivity index (χ3v) is 3.58.